The molecule has 1 aromatic heterocycles. The monoisotopic (exact) mass is 369 g/mol. The van der Waals surface area contributed by atoms with Crippen molar-refractivity contribution in [3.05, 3.63) is 60.4 Å². The Kier molecular flexibility index (Phi) is 5.43. The molecule has 134 valence electrons. The third-order valence-electron chi connectivity index (χ3n) is 3.59. The molecule has 0 fully saturated rings. The molecule has 8 heteroatoms. The van der Waals surface area contributed by atoms with Crippen LogP contribution in [-0.2, 0) is 4.79 Å². The SMILES string of the molecule is Cc1nnc(S[C@H](C)C(=O)Nc2ccc(Oc3ccccc3)cc2)n1N. The predicted molar refractivity (Wildman–Crippen MR) is 102 cm³/mol. The number of nitrogens with one attached hydrogen (secondary N) is 1. The van der Waals surface area contributed by atoms with Gasteiger partial charge in [0.1, 0.15) is 17.3 Å². The van der Waals surface area contributed by atoms with Crippen LogP contribution in [0.4, 0.5) is 5.69 Å². The van der Waals surface area contributed by atoms with Gasteiger partial charge in [-0.05, 0) is 50.2 Å². The van der Waals surface area contributed by atoms with Gasteiger partial charge in [-0.1, -0.05) is 30.0 Å². The Morgan fingerprint density at radius 2 is 1.77 bits per heavy atom. The third kappa shape index (κ3) is 4.34. The largest absolute Gasteiger partial charge is 0.457 e. The molecule has 3 aromatic rings. The van der Waals surface area contributed by atoms with Crippen LogP contribution in [0.3, 0.4) is 0 Å². The van der Waals surface area contributed by atoms with Gasteiger partial charge in [0.25, 0.3) is 0 Å². The number of hydrogen-bond acceptors (Lipinski definition) is 6. The van der Waals surface area contributed by atoms with Crippen molar-refractivity contribution >= 4 is 23.4 Å². The minimum absolute atomic E-state index is 0.146. The first-order valence-electron chi connectivity index (χ1n) is 8.00. The predicted octanol–water partition coefficient (Wildman–Crippen LogP) is 3.21. The van der Waals surface area contributed by atoms with Gasteiger partial charge in [-0.3, -0.25) is 4.79 Å². The van der Waals surface area contributed by atoms with Crippen LogP contribution in [0.1, 0.15) is 12.7 Å². The fourth-order valence-corrected chi connectivity index (χ4v) is 2.93. The first-order chi connectivity index (χ1) is 12.5. The number of hydrogen-bond donors (Lipinski definition) is 2. The molecule has 26 heavy (non-hydrogen) atoms. The van der Waals surface area contributed by atoms with Gasteiger partial charge in [0.15, 0.2) is 0 Å². The van der Waals surface area contributed by atoms with E-state index in [1.165, 1.54) is 16.4 Å². The summed E-state index contributed by atoms with van der Waals surface area (Å²) in [5, 5.41) is 10.8. The van der Waals surface area contributed by atoms with Crippen molar-refractivity contribution in [3.8, 4) is 11.5 Å². The Hall–Kier alpha value is -3.00. The summed E-state index contributed by atoms with van der Waals surface area (Å²) in [6, 6.07) is 16.7. The van der Waals surface area contributed by atoms with Gasteiger partial charge in [-0.2, -0.15) is 0 Å². The number of nitrogen functional groups attached to an aromatic ring is 1. The molecular weight excluding hydrogens is 350 g/mol. The number of ether oxygens (including phenoxy) is 1. The normalized spacial score (nSPS) is 11.8. The summed E-state index contributed by atoms with van der Waals surface area (Å²) in [6.07, 6.45) is 0. The van der Waals surface area contributed by atoms with Gasteiger partial charge >= 0.3 is 0 Å². The molecule has 1 amide bonds. The summed E-state index contributed by atoms with van der Waals surface area (Å²) in [5.74, 6) is 7.71. The number of thioether (sulfide) groups is 1. The summed E-state index contributed by atoms with van der Waals surface area (Å²) in [4.78, 5) is 12.3. The highest BCUT2D eigenvalue weighted by Crippen LogP contribution is 2.24. The maximum atomic E-state index is 12.3. The van der Waals surface area contributed by atoms with Crippen LogP contribution in [0.5, 0.6) is 11.5 Å². The number of para-hydroxylation sites is 1. The number of aryl methyl sites for hydroxylation is 1. The van der Waals surface area contributed by atoms with Crippen LogP contribution < -0.4 is 15.9 Å². The van der Waals surface area contributed by atoms with Gasteiger partial charge in [-0.15, -0.1) is 10.2 Å². The number of anilines is 1. The zero-order valence-corrected chi connectivity index (χ0v) is 15.2. The second-order valence-corrected chi connectivity index (χ2v) is 6.90. The van der Waals surface area contributed by atoms with Crippen LogP contribution in [0.2, 0.25) is 0 Å². The average molecular weight is 369 g/mol. The molecule has 0 saturated heterocycles. The molecular formula is C18H19N5O2S. The molecule has 0 radical (unpaired) electrons. The van der Waals surface area contributed by atoms with Crippen LogP contribution in [0.25, 0.3) is 0 Å². The van der Waals surface area contributed by atoms with Gasteiger partial charge in [0, 0.05) is 5.69 Å². The Morgan fingerprint density at radius 3 is 2.38 bits per heavy atom. The Morgan fingerprint density at radius 1 is 1.12 bits per heavy atom. The summed E-state index contributed by atoms with van der Waals surface area (Å²) >= 11 is 1.25. The maximum Gasteiger partial charge on any atom is 0.237 e. The van der Waals surface area contributed by atoms with E-state index in [1.807, 2.05) is 30.3 Å². The molecule has 1 atom stereocenters. The Balaban J connectivity index is 1.57. The second kappa shape index (κ2) is 7.92. The highest BCUT2D eigenvalue weighted by atomic mass is 32.2. The quantitative estimate of drug-likeness (QED) is 0.512. The van der Waals surface area contributed by atoms with Crippen molar-refractivity contribution in [1.82, 2.24) is 14.9 Å². The van der Waals surface area contributed by atoms with Gasteiger partial charge in [0.05, 0.1) is 5.25 Å². The molecule has 0 unspecified atom stereocenters. The van der Waals surface area contributed by atoms with Crippen LogP contribution in [0, 0.1) is 6.92 Å². The lowest BCUT2D eigenvalue weighted by Gasteiger charge is -2.12. The molecule has 0 aliphatic carbocycles. The fraction of sp³-hybridized carbons (Fsp3) is 0.167. The van der Waals surface area contributed by atoms with Gasteiger partial charge in [0.2, 0.25) is 11.1 Å². The van der Waals surface area contributed by atoms with Crippen molar-refractivity contribution < 1.29 is 9.53 Å². The average Bonchev–Trinajstić information content (AvgIpc) is 2.96. The highest BCUT2D eigenvalue weighted by Gasteiger charge is 2.18. The summed E-state index contributed by atoms with van der Waals surface area (Å²) < 4.78 is 7.10. The van der Waals surface area contributed by atoms with E-state index in [0.29, 0.717) is 22.4 Å². The molecule has 0 spiro atoms. The number of amides is 1. The smallest absolute Gasteiger partial charge is 0.237 e. The van der Waals surface area contributed by atoms with Crippen molar-refractivity contribution in [3.63, 3.8) is 0 Å². The van der Waals surface area contributed by atoms with Crippen molar-refractivity contribution in [1.29, 1.82) is 0 Å². The first-order valence-corrected chi connectivity index (χ1v) is 8.88. The van der Waals surface area contributed by atoms with E-state index < -0.39 is 0 Å². The lowest BCUT2D eigenvalue weighted by molar-refractivity contribution is -0.115. The molecule has 3 rings (SSSR count). The fourth-order valence-electron chi connectivity index (χ4n) is 2.12. The molecule has 0 aliphatic heterocycles. The minimum atomic E-state index is -0.374. The zero-order chi connectivity index (χ0) is 18.5. The van der Waals surface area contributed by atoms with Crippen LogP contribution in [0.15, 0.2) is 59.8 Å². The number of nitrogens with two attached hydrogens (primary N) is 1. The van der Waals surface area contributed by atoms with Gasteiger partial charge in [-0.25, -0.2) is 4.68 Å². The van der Waals surface area contributed by atoms with Gasteiger partial charge < -0.3 is 15.9 Å². The lowest BCUT2D eigenvalue weighted by atomic mass is 10.3. The molecule has 1 heterocycles. The van der Waals surface area contributed by atoms with Crippen molar-refractivity contribution in [2.24, 2.45) is 0 Å². The lowest BCUT2D eigenvalue weighted by Crippen LogP contribution is -2.23. The molecule has 2 aromatic carbocycles. The third-order valence-corrected chi connectivity index (χ3v) is 4.64. The van der Waals surface area contributed by atoms with E-state index in [2.05, 4.69) is 15.5 Å². The number of carbonyl (C=O) groups is 1. The summed E-state index contributed by atoms with van der Waals surface area (Å²) in [6.45, 7) is 3.54. The molecule has 3 N–H and O–H groups in total. The maximum absolute atomic E-state index is 12.3. The zero-order valence-electron chi connectivity index (χ0n) is 14.4. The Bertz CT molecular complexity index is 880. The number of aromatic nitrogens is 3. The highest BCUT2D eigenvalue weighted by molar-refractivity contribution is 8.00. The topological polar surface area (TPSA) is 95.1 Å². The summed E-state index contributed by atoms with van der Waals surface area (Å²) in [7, 11) is 0. The van der Waals surface area contributed by atoms with Crippen molar-refractivity contribution in [2.75, 3.05) is 11.2 Å². The van der Waals surface area contributed by atoms with E-state index in [9.17, 15) is 4.79 Å². The molecule has 0 saturated carbocycles. The van der Waals surface area contributed by atoms with E-state index in [-0.39, 0.29) is 11.2 Å². The number of nitrogens with zero attached hydrogens (tertiary/aromatic N) is 3. The van der Waals surface area contributed by atoms with Crippen molar-refractivity contribution in [2.45, 2.75) is 24.3 Å². The minimum Gasteiger partial charge on any atom is -0.457 e. The van der Waals surface area contributed by atoms with E-state index in [0.717, 1.165) is 5.75 Å². The van der Waals surface area contributed by atoms with Crippen LogP contribution >= 0.6 is 11.8 Å². The van der Waals surface area contributed by atoms with E-state index >= 15 is 0 Å². The number of benzene rings is 2. The molecule has 7 nitrogen and oxygen atoms in total. The summed E-state index contributed by atoms with van der Waals surface area (Å²) in [5.41, 5.74) is 0.688. The molecule has 0 aliphatic rings. The molecule has 0 bridgehead atoms. The number of carbonyl (C=O) groups excluding carboxylic acids is 1. The van der Waals surface area contributed by atoms with Crippen LogP contribution in [-0.4, -0.2) is 26.0 Å². The van der Waals surface area contributed by atoms with E-state index in [4.69, 9.17) is 10.6 Å². The second-order valence-electron chi connectivity index (χ2n) is 5.59. The first kappa shape index (κ1) is 17.8. The van der Waals surface area contributed by atoms with E-state index in [1.54, 1.807) is 38.1 Å². The standard InChI is InChI=1S/C18H19N5O2S/c1-12(26-18-22-21-13(2)23(18)19)17(24)20-14-8-10-16(11-9-14)25-15-6-4-3-5-7-15/h3-12H,19H2,1-2H3,(H,20,24)/t12-/m1/s1. The number of rotatable bonds is 6. The Labute approximate surface area is 155 Å².